The van der Waals surface area contributed by atoms with Gasteiger partial charge in [-0.2, -0.15) is 0 Å². The normalized spacial score (nSPS) is 22.8. The molecule has 1 aromatic rings. The number of aryl methyl sites for hydroxylation is 1. The van der Waals surface area contributed by atoms with Crippen molar-refractivity contribution < 1.29 is 19.1 Å². The van der Waals surface area contributed by atoms with Crippen molar-refractivity contribution in [1.29, 1.82) is 0 Å². The molecule has 2 fully saturated rings. The van der Waals surface area contributed by atoms with Gasteiger partial charge < -0.3 is 19.7 Å². The number of nitrogens with zero attached hydrogens (tertiary/aromatic N) is 2. The highest BCUT2D eigenvalue weighted by Crippen LogP contribution is 2.20. The van der Waals surface area contributed by atoms with Gasteiger partial charge in [0.2, 0.25) is 5.76 Å². The van der Waals surface area contributed by atoms with E-state index in [9.17, 15) is 9.59 Å². The Morgan fingerprint density at radius 1 is 1.55 bits per heavy atom. The maximum atomic E-state index is 11.5. The molecule has 0 spiro atoms. The van der Waals surface area contributed by atoms with Crippen LogP contribution >= 0.6 is 0 Å². The molecule has 1 aromatic heterocycles. The van der Waals surface area contributed by atoms with Gasteiger partial charge in [0.05, 0.1) is 6.04 Å². The second-order valence-electron chi connectivity index (χ2n) is 5.27. The van der Waals surface area contributed by atoms with Crippen molar-refractivity contribution in [2.45, 2.75) is 19.5 Å². The Hall–Kier alpha value is -2.02. The Kier molecular flexibility index (Phi) is 3.13. The van der Waals surface area contributed by atoms with Gasteiger partial charge in [0, 0.05) is 38.3 Å². The van der Waals surface area contributed by atoms with E-state index < -0.39 is 5.97 Å². The van der Waals surface area contributed by atoms with Crippen LogP contribution < -0.4 is 5.32 Å². The molecule has 0 bridgehead atoms. The third-order valence-corrected chi connectivity index (χ3v) is 3.94. The van der Waals surface area contributed by atoms with Gasteiger partial charge in [-0.3, -0.25) is 4.90 Å². The standard InChI is InChI=1S/C13H17N3O4/c1-8-9(4-11(20-8)12(17)18)6-15-2-3-16-10(7-15)5-14-13(16)19/h4,10H,2-3,5-7H2,1H3,(H,14,19)(H,17,18). The van der Waals surface area contributed by atoms with Crippen molar-refractivity contribution in [1.82, 2.24) is 15.1 Å². The summed E-state index contributed by atoms with van der Waals surface area (Å²) in [6, 6.07) is 1.81. The van der Waals surface area contributed by atoms with Crippen molar-refractivity contribution in [2.75, 3.05) is 26.2 Å². The van der Waals surface area contributed by atoms with Crippen molar-refractivity contribution in [3.8, 4) is 0 Å². The highest BCUT2D eigenvalue weighted by atomic mass is 16.4. The number of hydrogen-bond acceptors (Lipinski definition) is 4. The molecule has 2 amide bonds. The number of carbonyl (C=O) groups is 2. The van der Waals surface area contributed by atoms with E-state index in [1.165, 1.54) is 0 Å². The van der Waals surface area contributed by atoms with Gasteiger partial charge in [-0.05, 0) is 13.0 Å². The van der Waals surface area contributed by atoms with Gasteiger partial charge in [-0.15, -0.1) is 0 Å². The number of fused-ring (bicyclic) bond motifs is 1. The first-order valence-corrected chi connectivity index (χ1v) is 6.64. The van der Waals surface area contributed by atoms with Crippen molar-refractivity contribution in [2.24, 2.45) is 0 Å². The lowest BCUT2D eigenvalue weighted by Crippen LogP contribution is -2.51. The van der Waals surface area contributed by atoms with Crippen LogP contribution in [0.1, 0.15) is 21.9 Å². The average molecular weight is 279 g/mol. The maximum absolute atomic E-state index is 11.5. The predicted molar refractivity (Wildman–Crippen MR) is 69.6 cm³/mol. The van der Waals surface area contributed by atoms with Crippen LogP contribution in [0.15, 0.2) is 10.5 Å². The first kappa shape index (κ1) is 13.0. The predicted octanol–water partition coefficient (Wildman–Crippen LogP) is 0.496. The van der Waals surface area contributed by atoms with E-state index in [-0.39, 0.29) is 17.8 Å². The third kappa shape index (κ3) is 2.24. The molecule has 20 heavy (non-hydrogen) atoms. The fourth-order valence-corrected chi connectivity index (χ4v) is 2.84. The van der Waals surface area contributed by atoms with E-state index in [0.717, 1.165) is 18.7 Å². The molecule has 2 aliphatic heterocycles. The molecular formula is C13H17N3O4. The molecule has 108 valence electrons. The number of piperazine rings is 1. The first-order chi connectivity index (χ1) is 9.54. The Bertz CT molecular complexity index is 554. The molecular weight excluding hydrogens is 262 g/mol. The fraction of sp³-hybridized carbons (Fsp3) is 0.538. The number of urea groups is 1. The van der Waals surface area contributed by atoms with Crippen LogP contribution in [0.25, 0.3) is 0 Å². The van der Waals surface area contributed by atoms with Crippen LogP contribution in [0.5, 0.6) is 0 Å². The molecule has 1 atom stereocenters. The first-order valence-electron chi connectivity index (χ1n) is 6.64. The van der Waals surface area contributed by atoms with Gasteiger partial charge in [-0.1, -0.05) is 0 Å². The summed E-state index contributed by atoms with van der Waals surface area (Å²) in [5.41, 5.74) is 0.896. The highest BCUT2D eigenvalue weighted by Gasteiger charge is 2.35. The van der Waals surface area contributed by atoms with Crippen LogP contribution in [0.4, 0.5) is 4.79 Å². The molecule has 0 aliphatic carbocycles. The minimum Gasteiger partial charge on any atom is -0.475 e. The molecule has 0 saturated carbocycles. The van der Waals surface area contributed by atoms with Crippen molar-refractivity contribution in [3.63, 3.8) is 0 Å². The monoisotopic (exact) mass is 279 g/mol. The molecule has 0 radical (unpaired) electrons. The molecule has 7 nitrogen and oxygen atoms in total. The number of carboxylic acid groups (broad SMARTS) is 1. The summed E-state index contributed by atoms with van der Waals surface area (Å²) in [6.45, 7) is 5.40. The highest BCUT2D eigenvalue weighted by molar-refractivity contribution is 5.84. The number of furan rings is 1. The quantitative estimate of drug-likeness (QED) is 0.841. The second kappa shape index (κ2) is 4.82. The number of carboxylic acids is 1. The number of rotatable bonds is 3. The lowest BCUT2D eigenvalue weighted by molar-refractivity contribution is 0.0661. The molecule has 2 saturated heterocycles. The zero-order chi connectivity index (χ0) is 14.3. The zero-order valence-electron chi connectivity index (χ0n) is 11.3. The molecule has 2 N–H and O–H groups in total. The zero-order valence-corrected chi connectivity index (χ0v) is 11.3. The van der Waals surface area contributed by atoms with Crippen LogP contribution in [-0.4, -0.2) is 59.1 Å². The largest absolute Gasteiger partial charge is 0.475 e. The summed E-state index contributed by atoms with van der Waals surface area (Å²) in [5.74, 6) is -0.422. The lowest BCUT2D eigenvalue weighted by atomic mass is 10.1. The lowest BCUT2D eigenvalue weighted by Gasteiger charge is -2.36. The number of carbonyl (C=O) groups excluding carboxylic acids is 1. The van der Waals surface area contributed by atoms with Gasteiger partial charge in [-0.25, -0.2) is 9.59 Å². The van der Waals surface area contributed by atoms with Crippen LogP contribution in [-0.2, 0) is 6.54 Å². The van der Waals surface area contributed by atoms with Crippen LogP contribution in [0.2, 0.25) is 0 Å². The van der Waals surface area contributed by atoms with E-state index in [1.807, 2.05) is 4.90 Å². The Morgan fingerprint density at radius 3 is 3.05 bits per heavy atom. The molecule has 3 rings (SSSR count). The Balaban J connectivity index is 1.67. The maximum Gasteiger partial charge on any atom is 0.371 e. The van der Waals surface area contributed by atoms with Crippen LogP contribution in [0.3, 0.4) is 0 Å². The third-order valence-electron chi connectivity index (χ3n) is 3.94. The summed E-state index contributed by atoms with van der Waals surface area (Å²) >= 11 is 0. The van der Waals surface area contributed by atoms with Crippen LogP contribution in [0, 0.1) is 6.92 Å². The van der Waals surface area contributed by atoms with Gasteiger partial charge in [0.1, 0.15) is 5.76 Å². The smallest absolute Gasteiger partial charge is 0.371 e. The summed E-state index contributed by atoms with van der Waals surface area (Å²) in [6.07, 6.45) is 0. The second-order valence-corrected chi connectivity index (χ2v) is 5.27. The summed E-state index contributed by atoms with van der Waals surface area (Å²) in [5, 5.41) is 11.8. The topological polar surface area (TPSA) is 86.0 Å². The number of aromatic carboxylic acids is 1. The molecule has 2 aliphatic rings. The Morgan fingerprint density at radius 2 is 2.35 bits per heavy atom. The van der Waals surface area contributed by atoms with E-state index in [2.05, 4.69) is 10.2 Å². The van der Waals surface area contributed by atoms with Crippen molar-refractivity contribution in [3.05, 3.63) is 23.2 Å². The summed E-state index contributed by atoms with van der Waals surface area (Å²) in [4.78, 5) is 26.5. The molecule has 3 heterocycles. The summed E-state index contributed by atoms with van der Waals surface area (Å²) in [7, 11) is 0. The van der Waals surface area contributed by atoms with Gasteiger partial charge in [0.25, 0.3) is 0 Å². The fourth-order valence-electron chi connectivity index (χ4n) is 2.84. The van der Waals surface area contributed by atoms with E-state index in [4.69, 9.17) is 9.52 Å². The van der Waals surface area contributed by atoms with Gasteiger partial charge in [0.15, 0.2) is 0 Å². The Labute approximate surface area is 116 Å². The number of hydrogen-bond donors (Lipinski definition) is 2. The molecule has 0 aromatic carbocycles. The molecule has 1 unspecified atom stereocenters. The number of nitrogens with one attached hydrogen (secondary N) is 1. The number of amides is 2. The van der Waals surface area contributed by atoms with Crippen molar-refractivity contribution >= 4 is 12.0 Å². The van der Waals surface area contributed by atoms with E-state index >= 15 is 0 Å². The average Bonchev–Trinajstić information content (AvgIpc) is 2.95. The minimum absolute atomic E-state index is 0.0160. The molecule has 7 heteroatoms. The van der Waals surface area contributed by atoms with E-state index in [0.29, 0.717) is 25.4 Å². The van der Waals surface area contributed by atoms with Gasteiger partial charge >= 0.3 is 12.0 Å². The summed E-state index contributed by atoms with van der Waals surface area (Å²) < 4.78 is 5.22. The SMILES string of the molecule is Cc1oc(C(=O)O)cc1CN1CCN2C(=O)NCC2C1. The minimum atomic E-state index is -1.05. The van der Waals surface area contributed by atoms with E-state index in [1.54, 1.807) is 13.0 Å².